The second-order valence-electron chi connectivity index (χ2n) is 6.37. The van der Waals surface area contributed by atoms with Crippen molar-refractivity contribution in [2.45, 2.75) is 52.1 Å². The van der Waals surface area contributed by atoms with Gasteiger partial charge in [-0.1, -0.05) is 13.8 Å². The molecule has 5 heteroatoms. The molecule has 0 aliphatic carbocycles. The van der Waals surface area contributed by atoms with Gasteiger partial charge in [0.05, 0.1) is 0 Å². The standard InChI is InChI=1S/C14H26N4O/c1-10(2)9-15-13-16-12(19)14(17-13)5-7-18(8-6-14)11(3)4/h10-11H,5-9H2,1-4H3,(H2,15,16,17,19). The fourth-order valence-corrected chi connectivity index (χ4v) is 2.67. The molecule has 0 aromatic heterocycles. The Morgan fingerprint density at radius 1 is 1.26 bits per heavy atom. The van der Waals surface area contributed by atoms with E-state index in [0.29, 0.717) is 17.9 Å². The van der Waals surface area contributed by atoms with E-state index in [1.165, 1.54) is 0 Å². The molecule has 1 amide bonds. The second kappa shape index (κ2) is 5.49. The number of nitrogens with zero attached hydrogens (tertiary/aromatic N) is 2. The van der Waals surface area contributed by atoms with Crippen molar-refractivity contribution >= 4 is 11.9 Å². The first-order valence-electron chi connectivity index (χ1n) is 7.31. The fraction of sp³-hybridized carbons (Fsp3) is 0.857. The van der Waals surface area contributed by atoms with Crippen LogP contribution in [0.2, 0.25) is 0 Å². The SMILES string of the molecule is CC(C)CN=C1NC(=O)C2(CCN(C(C)C)CC2)N1. The van der Waals surface area contributed by atoms with Crippen LogP contribution in [0.4, 0.5) is 0 Å². The molecule has 0 bridgehead atoms. The molecule has 2 rings (SSSR count). The summed E-state index contributed by atoms with van der Waals surface area (Å²) >= 11 is 0. The van der Waals surface area contributed by atoms with Crippen molar-refractivity contribution in [1.82, 2.24) is 15.5 Å². The Balaban J connectivity index is 1.98. The highest BCUT2D eigenvalue weighted by Gasteiger charge is 2.47. The molecule has 0 unspecified atom stereocenters. The third-order valence-corrected chi connectivity index (χ3v) is 4.02. The Morgan fingerprint density at radius 3 is 2.42 bits per heavy atom. The average molecular weight is 266 g/mol. The van der Waals surface area contributed by atoms with E-state index in [9.17, 15) is 4.79 Å². The number of rotatable bonds is 3. The highest BCUT2D eigenvalue weighted by atomic mass is 16.2. The highest BCUT2D eigenvalue weighted by Crippen LogP contribution is 2.26. The summed E-state index contributed by atoms with van der Waals surface area (Å²) in [7, 11) is 0. The largest absolute Gasteiger partial charge is 0.342 e. The van der Waals surface area contributed by atoms with E-state index in [1.54, 1.807) is 0 Å². The van der Waals surface area contributed by atoms with Crippen LogP contribution in [0, 0.1) is 5.92 Å². The third kappa shape index (κ3) is 3.08. The van der Waals surface area contributed by atoms with Crippen molar-refractivity contribution in [3.63, 3.8) is 0 Å². The normalized spacial score (nSPS) is 25.4. The number of likely N-dealkylation sites (tertiary alicyclic amines) is 1. The maximum atomic E-state index is 12.2. The minimum atomic E-state index is -0.415. The first-order valence-corrected chi connectivity index (χ1v) is 7.31. The van der Waals surface area contributed by atoms with Crippen molar-refractivity contribution in [1.29, 1.82) is 0 Å². The minimum absolute atomic E-state index is 0.0958. The van der Waals surface area contributed by atoms with Gasteiger partial charge in [-0.25, -0.2) is 0 Å². The molecular formula is C14H26N4O. The summed E-state index contributed by atoms with van der Waals surface area (Å²) in [6.07, 6.45) is 1.72. The van der Waals surface area contributed by atoms with Crippen LogP contribution in [-0.2, 0) is 4.79 Å². The maximum Gasteiger partial charge on any atom is 0.252 e. The first kappa shape index (κ1) is 14.3. The quantitative estimate of drug-likeness (QED) is 0.800. The predicted molar refractivity (Wildman–Crippen MR) is 77.1 cm³/mol. The van der Waals surface area contributed by atoms with Gasteiger partial charge in [-0.3, -0.25) is 15.1 Å². The molecule has 0 aromatic carbocycles. The molecule has 0 aromatic rings. The molecule has 2 saturated heterocycles. The van der Waals surface area contributed by atoms with Crippen LogP contribution in [0.1, 0.15) is 40.5 Å². The maximum absolute atomic E-state index is 12.2. The van der Waals surface area contributed by atoms with Gasteiger partial charge in [-0.15, -0.1) is 0 Å². The van der Waals surface area contributed by atoms with Crippen molar-refractivity contribution in [2.75, 3.05) is 19.6 Å². The van der Waals surface area contributed by atoms with Crippen molar-refractivity contribution in [2.24, 2.45) is 10.9 Å². The third-order valence-electron chi connectivity index (χ3n) is 4.02. The molecule has 0 saturated carbocycles. The van der Waals surface area contributed by atoms with E-state index in [0.717, 1.165) is 32.5 Å². The van der Waals surface area contributed by atoms with Gasteiger partial charge < -0.3 is 10.2 Å². The van der Waals surface area contributed by atoms with Gasteiger partial charge in [0, 0.05) is 25.7 Å². The molecule has 5 nitrogen and oxygen atoms in total. The van der Waals surface area contributed by atoms with E-state index in [2.05, 4.69) is 48.2 Å². The van der Waals surface area contributed by atoms with Crippen LogP contribution in [0.3, 0.4) is 0 Å². The lowest BCUT2D eigenvalue weighted by molar-refractivity contribution is -0.125. The van der Waals surface area contributed by atoms with Crippen LogP contribution >= 0.6 is 0 Å². The zero-order valence-electron chi connectivity index (χ0n) is 12.5. The Bertz CT molecular complexity index is 368. The highest BCUT2D eigenvalue weighted by molar-refractivity contribution is 6.09. The summed E-state index contributed by atoms with van der Waals surface area (Å²) < 4.78 is 0. The molecule has 2 N–H and O–H groups in total. The zero-order valence-corrected chi connectivity index (χ0v) is 12.5. The Kier molecular flexibility index (Phi) is 4.13. The molecule has 19 heavy (non-hydrogen) atoms. The number of hydrogen-bond acceptors (Lipinski definition) is 3. The van der Waals surface area contributed by atoms with E-state index < -0.39 is 5.54 Å². The molecule has 2 aliphatic heterocycles. The zero-order chi connectivity index (χ0) is 14.0. The van der Waals surface area contributed by atoms with Gasteiger partial charge in [0.1, 0.15) is 5.54 Å². The first-order chi connectivity index (χ1) is 8.93. The molecule has 2 aliphatic rings. The number of amides is 1. The second-order valence-corrected chi connectivity index (χ2v) is 6.37. The molecule has 0 radical (unpaired) electrons. The number of nitrogens with one attached hydrogen (secondary N) is 2. The van der Waals surface area contributed by atoms with Crippen LogP contribution in [0.5, 0.6) is 0 Å². The predicted octanol–water partition coefficient (Wildman–Crippen LogP) is 0.961. The van der Waals surface area contributed by atoms with Crippen molar-refractivity contribution in [3.05, 3.63) is 0 Å². The van der Waals surface area contributed by atoms with Gasteiger partial charge in [-0.05, 0) is 32.6 Å². The smallest absolute Gasteiger partial charge is 0.252 e. The van der Waals surface area contributed by atoms with E-state index >= 15 is 0 Å². The summed E-state index contributed by atoms with van der Waals surface area (Å²) in [6, 6.07) is 0.552. The number of carbonyl (C=O) groups is 1. The fourth-order valence-electron chi connectivity index (χ4n) is 2.67. The lowest BCUT2D eigenvalue weighted by Crippen LogP contribution is -2.55. The molecule has 2 heterocycles. The summed E-state index contributed by atoms with van der Waals surface area (Å²) in [6.45, 7) is 11.3. The number of guanidine groups is 1. The monoisotopic (exact) mass is 266 g/mol. The number of carbonyl (C=O) groups excluding carboxylic acids is 1. The lowest BCUT2D eigenvalue weighted by Gasteiger charge is -2.39. The van der Waals surface area contributed by atoms with Crippen molar-refractivity contribution in [3.8, 4) is 0 Å². The van der Waals surface area contributed by atoms with E-state index in [1.807, 2.05) is 0 Å². The molecular weight excluding hydrogens is 240 g/mol. The van der Waals surface area contributed by atoms with Crippen molar-refractivity contribution < 1.29 is 4.79 Å². The number of piperidine rings is 1. The van der Waals surface area contributed by atoms with Gasteiger partial charge in [0.2, 0.25) is 0 Å². The van der Waals surface area contributed by atoms with Gasteiger partial charge >= 0.3 is 0 Å². The minimum Gasteiger partial charge on any atom is -0.342 e. The Labute approximate surface area is 115 Å². The summed E-state index contributed by atoms with van der Waals surface area (Å²) in [5.41, 5.74) is -0.415. The van der Waals surface area contributed by atoms with E-state index in [-0.39, 0.29) is 5.91 Å². The van der Waals surface area contributed by atoms with E-state index in [4.69, 9.17) is 0 Å². The Morgan fingerprint density at radius 2 is 1.89 bits per heavy atom. The lowest BCUT2D eigenvalue weighted by atomic mass is 9.87. The topological polar surface area (TPSA) is 56.7 Å². The Hall–Kier alpha value is -1.10. The van der Waals surface area contributed by atoms with Crippen LogP contribution in [0.25, 0.3) is 0 Å². The molecule has 108 valence electrons. The summed E-state index contributed by atoms with van der Waals surface area (Å²) in [4.78, 5) is 19.1. The molecule has 2 fully saturated rings. The average Bonchev–Trinajstić information content (AvgIpc) is 2.64. The summed E-state index contributed by atoms with van der Waals surface area (Å²) in [5.74, 6) is 1.26. The number of aliphatic imine (C=N–C) groups is 1. The van der Waals surface area contributed by atoms with Gasteiger partial charge in [0.25, 0.3) is 5.91 Å². The number of hydrogen-bond donors (Lipinski definition) is 2. The molecule has 0 atom stereocenters. The molecule has 1 spiro atoms. The van der Waals surface area contributed by atoms with Crippen LogP contribution in [0.15, 0.2) is 4.99 Å². The summed E-state index contributed by atoms with van der Waals surface area (Å²) in [5, 5.41) is 6.23. The van der Waals surface area contributed by atoms with Gasteiger partial charge in [0.15, 0.2) is 5.96 Å². The van der Waals surface area contributed by atoms with Gasteiger partial charge in [-0.2, -0.15) is 0 Å². The van der Waals surface area contributed by atoms with Crippen LogP contribution in [-0.4, -0.2) is 48.0 Å². The van der Waals surface area contributed by atoms with Crippen LogP contribution < -0.4 is 10.6 Å².